The number of hydrogen-bond donors (Lipinski definition) is 1. The van der Waals surface area contributed by atoms with Crippen molar-refractivity contribution >= 4 is 0 Å². The Kier molecular flexibility index (Phi) is 5.18. The van der Waals surface area contributed by atoms with Gasteiger partial charge in [0.15, 0.2) is 0 Å². The van der Waals surface area contributed by atoms with Crippen molar-refractivity contribution in [1.29, 1.82) is 0 Å². The van der Waals surface area contributed by atoms with Crippen molar-refractivity contribution in [2.75, 3.05) is 6.61 Å². The van der Waals surface area contributed by atoms with Crippen LogP contribution in [0.15, 0.2) is 12.2 Å². The Hall–Kier alpha value is -0.340. The van der Waals surface area contributed by atoms with Crippen molar-refractivity contribution in [2.45, 2.75) is 39.9 Å². The summed E-state index contributed by atoms with van der Waals surface area (Å²) in [7, 11) is 0. The number of ether oxygens (including phenoxy) is 1. The molecule has 12 heavy (non-hydrogen) atoms. The molecule has 0 fully saturated rings. The Morgan fingerprint density at radius 2 is 1.83 bits per heavy atom. The molecule has 0 saturated carbocycles. The third-order valence-corrected chi connectivity index (χ3v) is 1.76. The van der Waals surface area contributed by atoms with E-state index in [1.807, 2.05) is 13.8 Å². The fourth-order valence-corrected chi connectivity index (χ4v) is 0.948. The van der Waals surface area contributed by atoms with Crippen LogP contribution < -0.4 is 0 Å². The van der Waals surface area contributed by atoms with Gasteiger partial charge >= 0.3 is 0 Å². The quantitative estimate of drug-likeness (QED) is 0.643. The number of rotatable bonds is 5. The predicted octanol–water partition coefficient (Wildman–Crippen LogP) is 1.98. The average molecular weight is 172 g/mol. The lowest BCUT2D eigenvalue weighted by Crippen LogP contribution is -2.25. The second-order valence-electron chi connectivity index (χ2n) is 3.59. The summed E-state index contributed by atoms with van der Waals surface area (Å²) in [6.45, 7) is 11.9. The Balaban J connectivity index is 4.06. The Morgan fingerprint density at radius 3 is 2.08 bits per heavy atom. The van der Waals surface area contributed by atoms with E-state index in [-0.39, 0.29) is 18.8 Å². The van der Waals surface area contributed by atoms with Crippen molar-refractivity contribution < 1.29 is 9.84 Å². The molecule has 0 bridgehead atoms. The zero-order valence-electron chi connectivity index (χ0n) is 8.50. The molecule has 72 valence electrons. The molecule has 0 aliphatic rings. The first-order valence-electron chi connectivity index (χ1n) is 4.44. The van der Waals surface area contributed by atoms with Crippen molar-refractivity contribution in [1.82, 2.24) is 0 Å². The first kappa shape index (κ1) is 11.7. The molecule has 1 unspecified atom stereocenters. The molecule has 0 aromatic carbocycles. The second kappa shape index (κ2) is 5.33. The molecule has 0 aliphatic heterocycles. The summed E-state index contributed by atoms with van der Waals surface area (Å²) < 4.78 is 5.47. The fraction of sp³-hybridized carbons (Fsp3) is 0.800. The molecular weight excluding hydrogens is 152 g/mol. The van der Waals surface area contributed by atoms with Gasteiger partial charge < -0.3 is 9.84 Å². The van der Waals surface area contributed by atoms with Gasteiger partial charge in [0.1, 0.15) is 6.10 Å². The van der Waals surface area contributed by atoms with Gasteiger partial charge in [0.2, 0.25) is 0 Å². The molecule has 1 N–H and O–H groups in total. The molecule has 0 rings (SSSR count). The summed E-state index contributed by atoms with van der Waals surface area (Å²) in [6, 6.07) is 0. The predicted molar refractivity (Wildman–Crippen MR) is 51.1 cm³/mol. The number of aliphatic hydroxyl groups excluding tert-OH is 1. The molecule has 0 saturated heterocycles. The van der Waals surface area contributed by atoms with Gasteiger partial charge in [0, 0.05) is 0 Å². The van der Waals surface area contributed by atoms with E-state index in [1.54, 1.807) is 0 Å². The molecule has 0 amide bonds. The summed E-state index contributed by atoms with van der Waals surface area (Å²) in [4.78, 5) is 0. The van der Waals surface area contributed by atoms with Crippen molar-refractivity contribution in [3.05, 3.63) is 12.2 Å². The van der Waals surface area contributed by atoms with Crippen molar-refractivity contribution in [3.8, 4) is 0 Å². The van der Waals surface area contributed by atoms with Gasteiger partial charge in [-0.25, -0.2) is 0 Å². The van der Waals surface area contributed by atoms with E-state index in [0.29, 0.717) is 5.92 Å². The lowest BCUT2D eigenvalue weighted by Gasteiger charge is -2.22. The van der Waals surface area contributed by atoms with Crippen LogP contribution in [0.2, 0.25) is 0 Å². The molecule has 0 radical (unpaired) electrons. The molecule has 1 atom stereocenters. The molecule has 2 heteroatoms. The normalized spacial score (nSPS) is 13.9. The highest BCUT2D eigenvalue weighted by Gasteiger charge is 2.15. The van der Waals surface area contributed by atoms with Crippen LogP contribution in [0.4, 0.5) is 0 Å². The molecule has 0 spiro atoms. The lowest BCUT2D eigenvalue weighted by molar-refractivity contribution is -0.00602. The van der Waals surface area contributed by atoms with Crippen molar-refractivity contribution in [2.24, 2.45) is 5.92 Å². The highest BCUT2D eigenvalue weighted by atomic mass is 16.5. The topological polar surface area (TPSA) is 29.5 Å². The van der Waals surface area contributed by atoms with Gasteiger partial charge in [-0.2, -0.15) is 0 Å². The monoisotopic (exact) mass is 172 g/mol. The van der Waals surface area contributed by atoms with Crippen LogP contribution in [-0.2, 0) is 4.74 Å². The van der Waals surface area contributed by atoms with E-state index >= 15 is 0 Å². The van der Waals surface area contributed by atoms with Gasteiger partial charge in [-0.3, -0.25) is 0 Å². The standard InChI is InChI=1S/C10H20O2/c1-7(2)9(5)10(6-11)12-8(3)4/h7-8,10-11H,5-6H2,1-4H3. The minimum atomic E-state index is -0.204. The Bertz CT molecular complexity index is 139. The van der Waals surface area contributed by atoms with Gasteiger partial charge in [-0.1, -0.05) is 20.4 Å². The molecule has 0 aliphatic carbocycles. The van der Waals surface area contributed by atoms with Crippen LogP contribution in [0.25, 0.3) is 0 Å². The van der Waals surface area contributed by atoms with Crippen LogP contribution in [0.1, 0.15) is 27.7 Å². The number of aliphatic hydroxyl groups is 1. The summed E-state index contributed by atoms with van der Waals surface area (Å²) in [5.74, 6) is 0.362. The number of hydrogen-bond acceptors (Lipinski definition) is 2. The van der Waals surface area contributed by atoms with Crippen LogP contribution in [0, 0.1) is 5.92 Å². The first-order valence-corrected chi connectivity index (χ1v) is 4.44. The zero-order valence-corrected chi connectivity index (χ0v) is 8.50. The molecule has 0 aromatic rings. The smallest absolute Gasteiger partial charge is 0.102 e. The van der Waals surface area contributed by atoms with Crippen LogP contribution in [-0.4, -0.2) is 23.9 Å². The van der Waals surface area contributed by atoms with Crippen LogP contribution in [0.5, 0.6) is 0 Å². The van der Waals surface area contributed by atoms with E-state index in [9.17, 15) is 0 Å². The maximum atomic E-state index is 9.01. The Morgan fingerprint density at radius 1 is 1.33 bits per heavy atom. The maximum absolute atomic E-state index is 9.01. The minimum absolute atomic E-state index is 0.0230. The molecule has 0 heterocycles. The van der Waals surface area contributed by atoms with Crippen LogP contribution >= 0.6 is 0 Å². The minimum Gasteiger partial charge on any atom is -0.393 e. The summed E-state index contributed by atoms with van der Waals surface area (Å²) in [6.07, 6.45) is -0.0670. The third kappa shape index (κ3) is 3.88. The third-order valence-electron chi connectivity index (χ3n) is 1.76. The maximum Gasteiger partial charge on any atom is 0.102 e. The highest BCUT2D eigenvalue weighted by molar-refractivity contribution is 5.05. The van der Waals surface area contributed by atoms with Crippen LogP contribution in [0.3, 0.4) is 0 Å². The largest absolute Gasteiger partial charge is 0.393 e. The van der Waals surface area contributed by atoms with E-state index in [0.717, 1.165) is 5.57 Å². The second-order valence-corrected chi connectivity index (χ2v) is 3.59. The van der Waals surface area contributed by atoms with E-state index in [1.165, 1.54) is 0 Å². The van der Waals surface area contributed by atoms with E-state index in [4.69, 9.17) is 9.84 Å². The van der Waals surface area contributed by atoms with E-state index < -0.39 is 0 Å². The molecule has 0 aromatic heterocycles. The molecule has 2 nitrogen and oxygen atoms in total. The van der Waals surface area contributed by atoms with Crippen molar-refractivity contribution in [3.63, 3.8) is 0 Å². The Labute approximate surface area is 75.2 Å². The SMILES string of the molecule is C=C(C(C)C)C(CO)OC(C)C. The van der Waals surface area contributed by atoms with Gasteiger partial charge in [-0.15, -0.1) is 0 Å². The zero-order chi connectivity index (χ0) is 9.72. The molecular formula is C10H20O2. The van der Waals surface area contributed by atoms with Gasteiger partial charge in [0.05, 0.1) is 12.7 Å². The van der Waals surface area contributed by atoms with Gasteiger partial charge in [0.25, 0.3) is 0 Å². The lowest BCUT2D eigenvalue weighted by atomic mass is 10.00. The summed E-state index contributed by atoms with van der Waals surface area (Å²) >= 11 is 0. The van der Waals surface area contributed by atoms with E-state index in [2.05, 4.69) is 20.4 Å². The summed E-state index contributed by atoms with van der Waals surface area (Å²) in [5.41, 5.74) is 0.964. The van der Waals surface area contributed by atoms with Gasteiger partial charge in [-0.05, 0) is 25.3 Å². The average Bonchev–Trinajstić information content (AvgIpc) is 1.98. The summed E-state index contributed by atoms with van der Waals surface area (Å²) in [5, 5.41) is 9.01. The first-order chi connectivity index (χ1) is 5.49. The fourth-order valence-electron chi connectivity index (χ4n) is 0.948. The highest BCUT2D eigenvalue weighted by Crippen LogP contribution is 2.15.